The molecule has 3 nitrogen and oxygen atoms in total. The second kappa shape index (κ2) is 5.11. The van der Waals surface area contributed by atoms with Crippen molar-refractivity contribution in [3.05, 3.63) is 34.4 Å². The van der Waals surface area contributed by atoms with Crippen molar-refractivity contribution < 1.29 is 4.79 Å². The van der Waals surface area contributed by atoms with Crippen LogP contribution in [0.25, 0.3) is 0 Å². The van der Waals surface area contributed by atoms with Crippen molar-refractivity contribution in [2.75, 3.05) is 0 Å². The molecule has 1 fully saturated rings. The lowest BCUT2D eigenvalue weighted by Gasteiger charge is -2.15. The van der Waals surface area contributed by atoms with Crippen molar-refractivity contribution in [1.82, 2.24) is 5.32 Å². The molecule has 1 aromatic rings. The number of hydrogen-bond donors (Lipinski definition) is 2. The van der Waals surface area contributed by atoms with Gasteiger partial charge in [0.1, 0.15) is 0 Å². The third kappa shape index (κ3) is 2.72. The van der Waals surface area contributed by atoms with Crippen LogP contribution in [0.3, 0.4) is 0 Å². The van der Waals surface area contributed by atoms with Crippen molar-refractivity contribution in [2.24, 2.45) is 5.73 Å². The van der Waals surface area contributed by atoms with Crippen molar-refractivity contribution in [2.45, 2.75) is 52.1 Å². The van der Waals surface area contributed by atoms with Crippen LogP contribution in [-0.2, 0) is 0 Å². The second-order valence-electron chi connectivity index (χ2n) is 5.49. The Morgan fingerprint density at radius 2 is 1.83 bits per heavy atom. The molecule has 0 aromatic heterocycles. The van der Waals surface area contributed by atoms with Gasteiger partial charge < -0.3 is 11.1 Å². The second-order valence-corrected chi connectivity index (χ2v) is 5.49. The normalized spacial score (nSPS) is 23.1. The molecule has 0 spiro atoms. The van der Waals surface area contributed by atoms with Gasteiger partial charge in [-0.2, -0.15) is 0 Å². The summed E-state index contributed by atoms with van der Waals surface area (Å²) >= 11 is 0. The average molecular weight is 246 g/mol. The lowest BCUT2D eigenvalue weighted by Crippen LogP contribution is -2.34. The molecule has 0 radical (unpaired) electrons. The Labute approximate surface area is 109 Å². The first-order valence-corrected chi connectivity index (χ1v) is 6.61. The molecule has 1 aliphatic rings. The van der Waals surface area contributed by atoms with Crippen LogP contribution in [-0.4, -0.2) is 18.0 Å². The third-order valence-electron chi connectivity index (χ3n) is 3.89. The molecule has 2 unspecified atom stereocenters. The molecule has 0 bridgehead atoms. The number of carbonyl (C=O) groups excluding carboxylic acids is 1. The Bertz CT molecular complexity index is 468. The summed E-state index contributed by atoms with van der Waals surface area (Å²) in [4.78, 5) is 12.2. The van der Waals surface area contributed by atoms with E-state index < -0.39 is 0 Å². The molecule has 0 heterocycles. The van der Waals surface area contributed by atoms with Gasteiger partial charge in [0.15, 0.2) is 0 Å². The number of rotatable bonds is 2. The standard InChI is InChI=1S/C15H22N2O/c1-9-6-11(3)14(7-10(9)2)15(18)17-13-5-4-12(16)8-13/h6-7,12-13H,4-5,8,16H2,1-3H3,(H,17,18). The Hall–Kier alpha value is -1.35. The minimum Gasteiger partial charge on any atom is -0.349 e. The first-order valence-electron chi connectivity index (χ1n) is 6.61. The summed E-state index contributed by atoms with van der Waals surface area (Å²) in [5.41, 5.74) is 10.1. The summed E-state index contributed by atoms with van der Waals surface area (Å²) < 4.78 is 0. The Morgan fingerprint density at radius 3 is 2.44 bits per heavy atom. The number of hydrogen-bond acceptors (Lipinski definition) is 2. The van der Waals surface area contributed by atoms with Crippen molar-refractivity contribution in [3.8, 4) is 0 Å². The van der Waals surface area contributed by atoms with Gasteiger partial charge in [0, 0.05) is 17.6 Å². The number of amides is 1. The molecule has 1 aliphatic carbocycles. The van der Waals surface area contributed by atoms with E-state index in [1.54, 1.807) is 0 Å². The van der Waals surface area contributed by atoms with Gasteiger partial charge in [-0.3, -0.25) is 4.79 Å². The molecule has 3 heteroatoms. The maximum atomic E-state index is 12.2. The highest BCUT2D eigenvalue weighted by atomic mass is 16.1. The first-order chi connectivity index (χ1) is 8.47. The molecule has 98 valence electrons. The third-order valence-corrected chi connectivity index (χ3v) is 3.89. The molecular formula is C15H22N2O. The zero-order valence-corrected chi connectivity index (χ0v) is 11.4. The Kier molecular flexibility index (Phi) is 3.71. The lowest BCUT2D eigenvalue weighted by molar-refractivity contribution is 0.0937. The highest BCUT2D eigenvalue weighted by Crippen LogP contribution is 2.19. The SMILES string of the molecule is Cc1cc(C)c(C(=O)NC2CCC(N)C2)cc1C. The van der Waals surface area contributed by atoms with Crippen molar-refractivity contribution in [1.29, 1.82) is 0 Å². The van der Waals surface area contributed by atoms with Crippen LogP contribution in [0.15, 0.2) is 12.1 Å². The maximum absolute atomic E-state index is 12.2. The number of aryl methyl sites for hydroxylation is 3. The molecular weight excluding hydrogens is 224 g/mol. The monoisotopic (exact) mass is 246 g/mol. The van der Waals surface area contributed by atoms with Crippen LogP contribution >= 0.6 is 0 Å². The lowest BCUT2D eigenvalue weighted by atomic mass is 10.00. The Balaban J connectivity index is 2.11. The van der Waals surface area contributed by atoms with Crippen LogP contribution in [0.2, 0.25) is 0 Å². The predicted molar refractivity (Wildman–Crippen MR) is 73.7 cm³/mol. The number of nitrogens with one attached hydrogen (secondary N) is 1. The van der Waals surface area contributed by atoms with E-state index in [0.717, 1.165) is 36.0 Å². The van der Waals surface area contributed by atoms with E-state index in [4.69, 9.17) is 5.73 Å². The molecule has 3 N–H and O–H groups in total. The van der Waals surface area contributed by atoms with Crippen LogP contribution in [0, 0.1) is 20.8 Å². The summed E-state index contributed by atoms with van der Waals surface area (Å²) in [5, 5.41) is 3.09. The van der Waals surface area contributed by atoms with E-state index in [0.29, 0.717) is 0 Å². The summed E-state index contributed by atoms with van der Waals surface area (Å²) in [7, 11) is 0. The van der Waals surface area contributed by atoms with Crippen LogP contribution in [0.1, 0.15) is 46.3 Å². The van der Waals surface area contributed by atoms with E-state index in [2.05, 4.69) is 18.3 Å². The summed E-state index contributed by atoms with van der Waals surface area (Å²) in [6.45, 7) is 6.10. The van der Waals surface area contributed by atoms with Crippen LogP contribution in [0.4, 0.5) is 0 Å². The van der Waals surface area contributed by atoms with Gasteiger partial charge in [0.25, 0.3) is 5.91 Å². The highest BCUT2D eigenvalue weighted by Gasteiger charge is 2.24. The molecule has 2 rings (SSSR count). The van der Waals surface area contributed by atoms with Crippen LogP contribution < -0.4 is 11.1 Å². The topological polar surface area (TPSA) is 55.1 Å². The zero-order valence-electron chi connectivity index (χ0n) is 11.4. The van der Waals surface area contributed by atoms with E-state index in [9.17, 15) is 4.79 Å². The molecule has 1 amide bonds. The molecule has 1 saturated carbocycles. The van der Waals surface area contributed by atoms with Gasteiger partial charge in [0.05, 0.1) is 0 Å². The predicted octanol–water partition coefficient (Wildman–Crippen LogP) is 2.22. The van der Waals surface area contributed by atoms with E-state index in [-0.39, 0.29) is 18.0 Å². The van der Waals surface area contributed by atoms with Crippen molar-refractivity contribution in [3.63, 3.8) is 0 Å². The zero-order chi connectivity index (χ0) is 13.3. The molecule has 18 heavy (non-hydrogen) atoms. The summed E-state index contributed by atoms with van der Waals surface area (Å²) in [6, 6.07) is 4.55. The Morgan fingerprint density at radius 1 is 1.17 bits per heavy atom. The largest absolute Gasteiger partial charge is 0.349 e. The van der Waals surface area contributed by atoms with E-state index in [1.807, 2.05) is 19.9 Å². The number of benzene rings is 1. The molecule has 2 atom stereocenters. The first kappa shape index (κ1) is 13.1. The van der Waals surface area contributed by atoms with Gasteiger partial charge in [-0.25, -0.2) is 0 Å². The van der Waals surface area contributed by atoms with Gasteiger partial charge in [0.2, 0.25) is 0 Å². The minimum atomic E-state index is 0.0368. The number of nitrogens with two attached hydrogens (primary N) is 1. The summed E-state index contributed by atoms with van der Waals surface area (Å²) in [6.07, 6.45) is 2.91. The van der Waals surface area contributed by atoms with Gasteiger partial charge in [-0.05, 0) is 62.8 Å². The van der Waals surface area contributed by atoms with E-state index >= 15 is 0 Å². The molecule has 0 aliphatic heterocycles. The fraction of sp³-hybridized carbons (Fsp3) is 0.533. The number of carbonyl (C=O) groups is 1. The average Bonchev–Trinajstić information content (AvgIpc) is 2.69. The quantitative estimate of drug-likeness (QED) is 0.840. The molecule has 1 aromatic carbocycles. The van der Waals surface area contributed by atoms with Gasteiger partial charge in [-0.1, -0.05) is 6.07 Å². The molecule has 0 saturated heterocycles. The fourth-order valence-corrected chi connectivity index (χ4v) is 2.62. The maximum Gasteiger partial charge on any atom is 0.251 e. The van der Waals surface area contributed by atoms with Gasteiger partial charge >= 0.3 is 0 Å². The summed E-state index contributed by atoms with van der Waals surface area (Å²) in [5.74, 6) is 0.0368. The van der Waals surface area contributed by atoms with Crippen molar-refractivity contribution >= 4 is 5.91 Å². The fourth-order valence-electron chi connectivity index (χ4n) is 2.62. The van der Waals surface area contributed by atoms with E-state index in [1.165, 1.54) is 5.56 Å². The van der Waals surface area contributed by atoms with Crippen LogP contribution in [0.5, 0.6) is 0 Å². The van der Waals surface area contributed by atoms with Gasteiger partial charge in [-0.15, -0.1) is 0 Å². The highest BCUT2D eigenvalue weighted by molar-refractivity contribution is 5.96. The minimum absolute atomic E-state index is 0.0368. The smallest absolute Gasteiger partial charge is 0.251 e.